The van der Waals surface area contributed by atoms with E-state index in [4.69, 9.17) is 0 Å². The van der Waals surface area contributed by atoms with Crippen molar-refractivity contribution in [3.8, 4) is 0 Å². The fourth-order valence-electron chi connectivity index (χ4n) is 2.85. The Morgan fingerprint density at radius 3 is 2.52 bits per heavy atom. The quantitative estimate of drug-likeness (QED) is 0.727. The number of rotatable bonds is 2. The summed E-state index contributed by atoms with van der Waals surface area (Å²) >= 11 is 0. The van der Waals surface area contributed by atoms with Gasteiger partial charge in [-0.05, 0) is 31.0 Å². The molecule has 3 N–H and O–H groups in total. The van der Waals surface area contributed by atoms with Gasteiger partial charge in [0, 0.05) is 11.7 Å². The normalized spacial score (nSPS) is 18.1. The van der Waals surface area contributed by atoms with Crippen LogP contribution in [0.3, 0.4) is 0 Å². The third-order valence-electron chi connectivity index (χ3n) is 3.93. The van der Waals surface area contributed by atoms with Crippen molar-refractivity contribution in [1.29, 1.82) is 0 Å². The van der Waals surface area contributed by atoms with Crippen LogP contribution in [0.15, 0.2) is 18.2 Å². The Morgan fingerprint density at radius 1 is 1.05 bits per heavy atom. The Bertz CT molecular complexity index is 606. The number of fused-ring (bicyclic) bond motifs is 1. The summed E-state index contributed by atoms with van der Waals surface area (Å²) in [6.07, 6.45) is 5.54. The zero-order chi connectivity index (χ0) is 14.8. The van der Waals surface area contributed by atoms with E-state index in [2.05, 4.69) is 16.0 Å². The summed E-state index contributed by atoms with van der Waals surface area (Å²) in [5, 5.41) is 7.87. The second-order valence-corrected chi connectivity index (χ2v) is 5.48. The van der Waals surface area contributed by atoms with E-state index in [1.807, 2.05) is 0 Å². The van der Waals surface area contributed by atoms with Gasteiger partial charge in [-0.3, -0.25) is 14.9 Å². The molecule has 0 unspecified atom stereocenters. The number of urea groups is 1. The van der Waals surface area contributed by atoms with Crippen LogP contribution in [-0.2, 0) is 0 Å². The summed E-state index contributed by atoms with van der Waals surface area (Å²) in [5.74, 6) is -0.820. The third-order valence-corrected chi connectivity index (χ3v) is 3.93. The zero-order valence-corrected chi connectivity index (χ0v) is 11.6. The van der Waals surface area contributed by atoms with Crippen molar-refractivity contribution in [2.45, 2.75) is 38.1 Å². The molecule has 6 heteroatoms. The highest BCUT2D eigenvalue weighted by atomic mass is 16.2. The molecule has 0 bridgehead atoms. The van der Waals surface area contributed by atoms with Gasteiger partial charge in [0.25, 0.3) is 11.8 Å². The monoisotopic (exact) mass is 287 g/mol. The SMILES string of the molecule is O=C(Nc1ccc2c(c1)C(=O)NC2=O)NC1CCCCC1. The number of hydrogen-bond acceptors (Lipinski definition) is 3. The van der Waals surface area contributed by atoms with E-state index in [0.29, 0.717) is 16.8 Å². The zero-order valence-electron chi connectivity index (χ0n) is 11.6. The third kappa shape index (κ3) is 2.89. The maximum Gasteiger partial charge on any atom is 0.319 e. The molecule has 0 saturated heterocycles. The van der Waals surface area contributed by atoms with E-state index < -0.39 is 11.8 Å². The molecule has 2 aliphatic rings. The van der Waals surface area contributed by atoms with Crippen LogP contribution >= 0.6 is 0 Å². The summed E-state index contributed by atoms with van der Waals surface area (Å²) in [5.41, 5.74) is 1.15. The summed E-state index contributed by atoms with van der Waals surface area (Å²) in [7, 11) is 0. The molecule has 4 amide bonds. The number of benzene rings is 1. The van der Waals surface area contributed by atoms with Gasteiger partial charge in [-0.1, -0.05) is 19.3 Å². The Kier molecular flexibility index (Phi) is 3.60. The molecule has 1 fully saturated rings. The standard InChI is InChI=1S/C15H17N3O3/c19-13-11-7-6-10(8-12(11)14(20)18-13)17-15(21)16-9-4-2-1-3-5-9/h6-9H,1-5H2,(H2,16,17,21)(H,18,19,20). The molecule has 1 heterocycles. The summed E-state index contributed by atoms with van der Waals surface area (Å²) in [6, 6.07) is 4.64. The van der Waals surface area contributed by atoms with Gasteiger partial charge in [-0.2, -0.15) is 0 Å². The first-order valence-electron chi connectivity index (χ1n) is 7.21. The van der Waals surface area contributed by atoms with Crippen molar-refractivity contribution in [1.82, 2.24) is 10.6 Å². The summed E-state index contributed by atoms with van der Waals surface area (Å²) < 4.78 is 0. The van der Waals surface area contributed by atoms with E-state index in [0.717, 1.165) is 25.7 Å². The average Bonchev–Trinajstić information content (AvgIpc) is 2.74. The molecule has 1 aromatic rings. The number of hydrogen-bond donors (Lipinski definition) is 3. The first-order valence-corrected chi connectivity index (χ1v) is 7.21. The highest BCUT2D eigenvalue weighted by molar-refractivity contribution is 6.21. The highest BCUT2D eigenvalue weighted by Gasteiger charge is 2.26. The Hall–Kier alpha value is -2.37. The molecule has 3 rings (SSSR count). The van der Waals surface area contributed by atoms with Crippen molar-refractivity contribution >= 4 is 23.5 Å². The minimum Gasteiger partial charge on any atom is -0.335 e. The van der Waals surface area contributed by atoms with Gasteiger partial charge in [0.15, 0.2) is 0 Å². The highest BCUT2D eigenvalue weighted by Crippen LogP contribution is 2.21. The predicted molar refractivity (Wildman–Crippen MR) is 77.3 cm³/mol. The maximum atomic E-state index is 11.9. The lowest BCUT2D eigenvalue weighted by atomic mass is 9.96. The molecule has 1 saturated carbocycles. The summed E-state index contributed by atoms with van der Waals surface area (Å²) in [6.45, 7) is 0. The van der Waals surface area contributed by atoms with Crippen LogP contribution in [0.5, 0.6) is 0 Å². The van der Waals surface area contributed by atoms with Crippen LogP contribution in [0.25, 0.3) is 0 Å². The second kappa shape index (κ2) is 5.55. The Labute approximate surface area is 122 Å². The topological polar surface area (TPSA) is 87.3 Å². The fraction of sp³-hybridized carbons (Fsp3) is 0.400. The Morgan fingerprint density at radius 2 is 1.76 bits per heavy atom. The first-order chi connectivity index (χ1) is 10.1. The second-order valence-electron chi connectivity index (χ2n) is 5.48. The van der Waals surface area contributed by atoms with Crippen LogP contribution in [0.4, 0.5) is 10.5 Å². The van der Waals surface area contributed by atoms with Crippen molar-refractivity contribution in [3.63, 3.8) is 0 Å². The summed E-state index contributed by atoms with van der Waals surface area (Å²) in [4.78, 5) is 34.9. The Balaban J connectivity index is 1.65. The smallest absolute Gasteiger partial charge is 0.319 e. The van der Waals surface area contributed by atoms with Crippen LogP contribution < -0.4 is 16.0 Å². The average molecular weight is 287 g/mol. The lowest BCUT2D eigenvalue weighted by Gasteiger charge is -2.22. The maximum absolute atomic E-state index is 11.9. The van der Waals surface area contributed by atoms with E-state index in [1.54, 1.807) is 12.1 Å². The van der Waals surface area contributed by atoms with Gasteiger partial charge in [0.05, 0.1) is 11.1 Å². The van der Waals surface area contributed by atoms with Crippen LogP contribution in [-0.4, -0.2) is 23.9 Å². The van der Waals surface area contributed by atoms with E-state index in [1.165, 1.54) is 12.5 Å². The fourth-order valence-corrected chi connectivity index (χ4v) is 2.85. The van der Waals surface area contributed by atoms with Crippen molar-refractivity contribution in [2.24, 2.45) is 0 Å². The number of carbonyl (C=O) groups excluding carboxylic acids is 3. The molecule has 0 aromatic heterocycles. The van der Waals surface area contributed by atoms with Crippen LogP contribution in [0, 0.1) is 0 Å². The number of imide groups is 1. The molecule has 1 aliphatic heterocycles. The van der Waals surface area contributed by atoms with E-state index in [9.17, 15) is 14.4 Å². The predicted octanol–water partition coefficient (Wildman–Crippen LogP) is 2.02. The molecule has 1 aliphatic carbocycles. The van der Waals surface area contributed by atoms with Gasteiger partial charge in [-0.25, -0.2) is 4.79 Å². The van der Waals surface area contributed by atoms with Gasteiger partial charge in [0.2, 0.25) is 0 Å². The molecule has 110 valence electrons. The van der Waals surface area contributed by atoms with Gasteiger partial charge in [0.1, 0.15) is 0 Å². The first kappa shape index (κ1) is 13.6. The number of nitrogens with one attached hydrogen (secondary N) is 3. The minimum atomic E-state index is -0.425. The molecule has 21 heavy (non-hydrogen) atoms. The van der Waals surface area contributed by atoms with Gasteiger partial charge < -0.3 is 10.6 Å². The molecular formula is C15H17N3O3. The molecule has 1 aromatic carbocycles. The lowest BCUT2D eigenvalue weighted by Crippen LogP contribution is -2.39. The van der Waals surface area contributed by atoms with E-state index >= 15 is 0 Å². The lowest BCUT2D eigenvalue weighted by molar-refractivity contribution is 0.0879. The van der Waals surface area contributed by atoms with Crippen molar-refractivity contribution in [2.75, 3.05) is 5.32 Å². The van der Waals surface area contributed by atoms with E-state index in [-0.39, 0.29) is 12.1 Å². The van der Waals surface area contributed by atoms with Gasteiger partial charge in [-0.15, -0.1) is 0 Å². The molecule has 6 nitrogen and oxygen atoms in total. The molecule has 0 spiro atoms. The minimum absolute atomic E-state index is 0.220. The molecular weight excluding hydrogens is 270 g/mol. The van der Waals surface area contributed by atoms with Crippen LogP contribution in [0.1, 0.15) is 52.8 Å². The number of carbonyl (C=O) groups is 3. The number of amides is 4. The molecule has 0 radical (unpaired) electrons. The van der Waals surface area contributed by atoms with Gasteiger partial charge >= 0.3 is 6.03 Å². The van der Waals surface area contributed by atoms with Crippen molar-refractivity contribution in [3.05, 3.63) is 29.3 Å². The number of anilines is 1. The van der Waals surface area contributed by atoms with Crippen molar-refractivity contribution < 1.29 is 14.4 Å². The largest absolute Gasteiger partial charge is 0.335 e. The van der Waals surface area contributed by atoms with Crippen LogP contribution in [0.2, 0.25) is 0 Å². The molecule has 0 atom stereocenters.